The fraction of sp³-hybridized carbons (Fsp3) is 0.706. The maximum atomic E-state index is 11.2. The maximum Gasteiger partial charge on any atom is 0.220 e. The molecule has 1 N–H and O–H groups in total. The Morgan fingerprint density at radius 2 is 2.09 bits per heavy atom. The predicted octanol–water partition coefficient (Wildman–Crippen LogP) is 1.00. The number of carbonyl (C=O) groups is 1. The Morgan fingerprint density at radius 1 is 1.26 bits per heavy atom. The van der Waals surface area contributed by atoms with E-state index in [1.165, 1.54) is 12.8 Å². The minimum Gasteiger partial charge on any atom is -0.356 e. The topological polar surface area (TPSA) is 61.4 Å². The molecule has 1 amide bonds. The number of likely N-dealkylation sites (N-methyl/N-ethyl adjacent to an activating group) is 1. The Labute approximate surface area is 137 Å². The van der Waals surface area contributed by atoms with E-state index in [-0.39, 0.29) is 5.91 Å². The average Bonchev–Trinajstić information content (AvgIpc) is 3.34. The second-order valence-corrected chi connectivity index (χ2v) is 7.30. The third kappa shape index (κ3) is 3.32. The zero-order valence-electron chi connectivity index (χ0n) is 13.7. The molecular formula is C17H25N5O. The van der Waals surface area contributed by atoms with E-state index in [2.05, 4.69) is 44.5 Å². The molecular weight excluding hydrogens is 290 g/mol. The first-order valence-electron chi connectivity index (χ1n) is 8.74. The van der Waals surface area contributed by atoms with Crippen molar-refractivity contribution in [2.45, 2.75) is 37.6 Å². The Balaban J connectivity index is 1.24. The molecule has 3 aliphatic rings. The monoisotopic (exact) mass is 315 g/mol. The molecule has 0 aromatic carbocycles. The summed E-state index contributed by atoms with van der Waals surface area (Å²) in [7, 11) is 2.19. The number of aromatic nitrogens is 2. The second kappa shape index (κ2) is 6.07. The van der Waals surface area contributed by atoms with Crippen molar-refractivity contribution < 1.29 is 4.79 Å². The zero-order chi connectivity index (χ0) is 15.8. The first-order chi connectivity index (χ1) is 11.2. The summed E-state index contributed by atoms with van der Waals surface area (Å²) in [6.07, 6.45) is 4.23. The van der Waals surface area contributed by atoms with Gasteiger partial charge in [-0.25, -0.2) is 0 Å². The van der Waals surface area contributed by atoms with Gasteiger partial charge in [0.2, 0.25) is 5.91 Å². The van der Waals surface area contributed by atoms with Crippen molar-refractivity contribution >= 4 is 11.7 Å². The van der Waals surface area contributed by atoms with E-state index >= 15 is 0 Å². The summed E-state index contributed by atoms with van der Waals surface area (Å²) >= 11 is 0. The van der Waals surface area contributed by atoms with Crippen LogP contribution in [0.2, 0.25) is 0 Å². The van der Waals surface area contributed by atoms with Crippen LogP contribution in [0.5, 0.6) is 0 Å². The maximum absolute atomic E-state index is 11.2. The highest BCUT2D eigenvalue weighted by molar-refractivity contribution is 5.76. The third-order valence-electron chi connectivity index (χ3n) is 5.39. The quantitative estimate of drug-likeness (QED) is 0.878. The molecule has 0 radical (unpaired) electrons. The SMILES string of the molecule is CN(CC1CCC(=O)NC1)C1CN(c2ccc(C3CC3)nn2)C1. The summed E-state index contributed by atoms with van der Waals surface area (Å²) in [5.41, 5.74) is 1.15. The van der Waals surface area contributed by atoms with E-state index in [0.29, 0.717) is 24.3 Å². The van der Waals surface area contributed by atoms with Crippen LogP contribution >= 0.6 is 0 Å². The number of hydrogen-bond acceptors (Lipinski definition) is 5. The Hall–Kier alpha value is -1.69. The van der Waals surface area contributed by atoms with Gasteiger partial charge >= 0.3 is 0 Å². The van der Waals surface area contributed by atoms with Gasteiger partial charge in [-0.2, -0.15) is 5.10 Å². The summed E-state index contributed by atoms with van der Waals surface area (Å²) in [6.45, 7) is 3.93. The molecule has 1 unspecified atom stereocenters. The Bertz CT molecular complexity index is 555. The summed E-state index contributed by atoms with van der Waals surface area (Å²) in [5, 5.41) is 11.7. The lowest BCUT2D eigenvalue weighted by molar-refractivity contribution is -0.123. The number of anilines is 1. The van der Waals surface area contributed by atoms with Crippen LogP contribution in [-0.2, 0) is 4.79 Å². The molecule has 3 fully saturated rings. The minimum absolute atomic E-state index is 0.201. The van der Waals surface area contributed by atoms with Crippen molar-refractivity contribution in [3.63, 3.8) is 0 Å². The van der Waals surface area contributed by atoms with E-state index in [9.17, 15) is 4.79 Å². The van der Waals surface area contributed by atoms with Gasteiger partial charge in [0.15, 0.2) is 5.82 Å². The summed E-state index contributed by atoms with van der Waals surface area (Å²) in [4.78, 5) is 16.0. The van der Waals surface area contributed by atoms with E-state index in [1.807, 2.05) is 0 Å². The van der Waals surface area contributed by atoms with E-state index in [4.69, 9.17) is 0 Å². The molecule has 4 rings (SSSR count). The highest BCUT2D eigenvalue weighted by Crippen LogP contribution is 2.38. The van der Waals surface area contributed by atoms with Gasteiger partial charge in [-0.05, 0) is 44.4 Å². The van der Waals surface area contributed by atoms with Crippen molar-refractivity contribution in [2.24, 2.45) is 5.92 Å². The number of amides is 1. The van der Waals surface area contributed by atoms with Crippen molar-refractivity contribution in [2.75, 3.05) is 38.1 Å². The molecule has 2 aliphatic heterocycles. The Morgan fingerprint density at radius 3 is 2.70 bits per heavy atom. The summed E-state index contributed by atoms with van der Waals surface area (Å²) in [6, 6.07) is 4.84. The molecule has 6 nitrogen and oxygen atoms in total. The predicted molar refractivity (Wildman–Crippen MR) is 88.4 cm³/mol. The largest absolute Gasteiger partial charge is 0.356 e. The normalized spacial score (nSPS) is 25.4. The lowest BCUT2D eigenvalue weighted by Crippen LogP contribution is -2.60. The van der Waals surface area contributed by atoms with Crippen molar-refractivity contribution in [3.05, 3.63) is 17.8 Å². The van der Waals surface area contributed by atoms with Crippen molar-refractivity contribution in [1.82, 2.24) is 20.4 Å². The van der Waals surface area contributed by atoms with Crippen LogP contribution in [0.25, 0.3) is 0 Å². The molecule has 1 aromatic rings. The van der Waals surface area contributed by atoms with E-state index in [0.717, 1.165) is 44.1 Å². The smallest absolute Gasteiger partial charge is 0.220 e. The standard InChI is InChI=1S/C17H25N5O/c1-21(9-12-2-7-17(23)18-8-12)14-10-22(11-14)16-6-5-15(19-20-16)13-3-4-13/h5-6,12-14H,2-4,7-11H2,1H3,(H,18,23). The third-order valence-corrected chi connectivity index (χ3v) is 5.39. The molecule has 6 heteroatoms. The summed E-state index contributed by atoms with van der Waals surface area (Å²) < 4.78 is 0. The van der Waals surface area contributed by atoms with Crippen LogP contribution in [0.1, 0.15) is 37.3 Å². The average molecular weight is 315 g/mol. The van der Waals surface area contributed by atoms with E-state index < -0.39 is 0 Å². The van der Waals surface area contributed by atoms with Gasteiger partial charge in [0.1, 0.15) is 0 Å². The highest BCUT2D eigenvalue weighted by Gasteiger charge is 2.33. The molecule has 124 valence electrons. The molecule has 1 aliphatic carbocycles. The van der Waals surface area contributed by atoms with Crippen molar-refractivity contribution in [1.29, 1.82) is 0 Å². The van der Waals surface area contributed by atoms with Crippen LogP contribution in [0.4, 0.5) is 5.82 Å². The lowest BCUT2D eigenvalue weighted by atomic mass is 9.97. The molecule has 1 atom stereocenters. The number of carbonyl (C=O) groups excluding carboxylic acids is 1. The zero-order valence-corrected chi connectivity index (χ0v) is 13.7. The Kier molecular flexibility index (Phi) is 3.93. The molecule has 1 saturated carbocycles. The number of nitrogens with one attached hydrogen (secondary N) is 1. The first-order valence-corrected chi connectivity index (χ1v) is 8.74. The van der Waals surface area contributed by atoms with Crippen LogP contribution in [0.15, 0.2) is 12.1 Å². The van der Waals surface area contributed by atoms with Gasteiger partial charge in [-0.1, -0.05) is 0 Å². The molecule has 3 heterocycles. The van der Waals surface area contributed by atoms with Gasteiger partial charge in [0, 0.05) is 44.6 Å². The fourth-order valence-electron chi connectivity index (χ4n) is 3.52. The lowest BCUT2D eigenvalue weighted by Gasteiger charge is -2.45. The van der Waals surface area contributed by atoms with Crippen LogP contribution < -0.4 is 10.2 Å². The van der Waals surface area contributed by atoms with Gasteiger partial charge in [0.25, 0.3) is 0 Å². The van der Waals surface area contributed by atoms with Crippen LogP contribution in [-0.4, -0.2) is 60.3 Å². The fourth-order valence-corrected chi connectivity index (χ4v) is 3.52. The number of hydrogen-bond donors (Lipinski definition) is 1. The second-order valence-electron chi connectivity index (χ2n) is 7.30. The van der Waals surface area contributed by atoms with Gasteiger partial charge in [-0.15, -0.1) is 5.10 Å². The van der Waals surface area contributed by atoms with Gasteiger partial charge in [0.05, 0.1) is 5.69 Å². The molecule has 2 saturated heterocycles. The van der Waals surface area contributed by atoms with Gasteiger partial charge in [-0.3, -0.25) is 9.69 Å². The first kappa shape index (κ1) is 14.9. The number of piperidine rings is 1. The molecule has 23 heavy (non-hydrogen) atoms. The van der Waals surface area contributed by atoms with Crippen molar-refractivity contribution in [3.8, 4) is 0 Å². The number of rotatable bonds is 5. The summed E-state index contributed by atoms with van der Waals surface area (Å²) in [5.74, 6) is 2.46. The number of nitrogens with zero attached hydrogens (tertiary/aromatic N) is 4. The molecule has 1 aromatic heterocycles. The highest BCUT2D eigenvalue weighted by atomic mass is 16.1. The molecule has 0 spiro atoms. The van der Waals surface area contributed by atoms with Gasteiger partial charge < -0.3 is 10.2 Å². The van der Waals surface area contributed by atoms with Crippen LogP contribution in [0.3, 0.4) is 0 Å². The minimum atomic E-state index is 0.201. The van der Waals surface area contributed by atoms with Crippen LogP contribution in [0, 0.1) is 5.92 Å². The van der Waals surface area contributed by atoms with E-state index in [1.54, 1.807) is 0 Å². The molecule has 0 bridgehead atoms.